The maximum Gasteiger partial charge on any atom is 0.146 e. The van der Waals surface area contributed by atoms with Gasteiger partial charge in [-0.25, -0.2) is 0 Å². The first-order chi connectivity index (χ1) is 5.83. The number of Topliss-reactive ketones (excluding diaryl/α,β-unsaturated/α-hetero) is 1. The van der Waals surface area contributed by atoms with Gasteiger partial charge in [-0.05, 0) is 0 Å². The molecule has 0 radical (unpaired) electrons. The summed E-state index contributed by atoms with van der Waals surface area (Å²) < 4.78 is 0. The van der Waals surface area contributed by atoms with Crippen LogP contribution in [0, 0.1) is 12.3 Å². The van der Waals surface area contributed by atoms with Crippen molar-refractivity contribution in [2.45, 2.75) is 18.9 Å². The predicted molar refractivity (Wildman–Crippen MR) is 52.2 cm³/mol. The zero-order valence-electron chi connectivity index (χ0n) is 7.01. The minimum atomic E-state index is 0.178. The monoisotopic (exact) mass is 183 g/mol. The Morgan fingerprint density at radius 2 is 2.58 bits per heavy atom. The van der Waals surface area contributed by atoms with Gasteiger partial charge in [0.15, 0.2) is 0 Å². The summed E-state index contributed by atoms with van der Waals surface area (Å²) in [4.78, 5) is 11.1. The van der Waals surface area contributed by atoms with Gasteiger partial charge in [-0.1, -0.05) is 5.92 Å². The Bertz CT molecular complexity index is 191. The Kier molecular flexibility index (Phi) is 4.20. The van der Waals surface area contributed by atoms with Crippen LogP contribution in [0.25, 0.3) is 0 Å². The summed E-state index contributed by atoms with van der Waals surface area (Å²) in [6.07, 6.45) is 5.91. The Morgan fingerprint density at radius 1 is 1.75 bits per heavy atom. The average Bonchev–Trinajstić information content (AvgIpc) is 2.06. The molecule has 0 saturated carbocycles. The van der Waals surface area contributed by atoms with Crippen LogP contribution in [-0.2, 0) is 4.79 Å². The molecule has 0 bridgehead atoms. The lowest BCUT2D eigenvalue weighted by atomic mass is 10.1. The van der Waals surface area contributed by atoms with Gasteiger partial charge in [0.1, 0.15) is 5.78 Å². The lowest BCUT2D eigenvalue weighted by Crippen LogP contribution is -2.38. The van der Waals surface area contributed by atoms with Crippen molar-refractivity contribution in [3.63, 3.8) is 0 Å². The van der Waals surface area contributed by atoms with Gasteiger partial charge < -0.3 is 5.32 Å². The van der Waals surface area contributed by atoms with Crippen LogP contribution in [0.5, 0.6) is 0 Å². The number of carbonyl (C=O) groups excluding carboxylic acids is 1. The maximum absolute atomic E-state index is 11.1. The van der Waals surface area contributed by atoms with Gasteiger partial charge in [0.2, 0.25) is 0 Å². The van der Waals surface area contributed by atoms with Crippen molar-refractivity contribution in [2.24, 2.45) is 0 Å². The van der Waals surface area contributed by atoms with E-state index in [-0.39, 0.29) is 12.2 Å². The highest BCUT2D eigenvalue weighted by atomic mass is 32.2. The minimum Gasteiger partial charge on any atom is -0.312 e. The van der Waals surface area contributed by atoms with E-state index in [1.165, 1.54) is 0 Å². The molecule has 1 N–H and O–H groups in total. The van der Waals surface area contributed by atoms with Crippen LogP contribution < -0.4 is 5.32 Å². The van der Waals surface area contributed by atoms with Crippen molar-refractivity contribution in [3.8, 4) is 12.3 Å². The van der Waals surface area contributed by atoms with E-state index in [2.05, 4.69) is 11.2 Å². The maximum atomic E-state index is 11.1. The van der Waals surface area contributed by atoms with Gasteiger partial charge in [0, 0.05) is 30.5 Å². The third-order valence-electron chi connectivity index (χ3n) is 1.77. The van der Waals surface area contributed by atoms with Gasteiger partial charge in [-0.2, -0.15) is 11.8 Å². The zero-order valence-corrected chi connectivity index (χ0v) is 7.82. The summed E-state index contributed by atoms with van der Waals surface area (Å²) in [6, 6.07) is 0.351. The van der Waals surface area contributed by atoms with E-state index in [4.69, 9.17) is 6.42 Å². The lowest BCUT2D eigenvalue weighted by Gasteiger charge is -2.21. The van der Waals surface area contributed by atoms with Gasteiger partial charge in [0.25, 0.3) is 0 Å². The third-order valence-corrected chi connectivity index (χ3v) is 2.90. The standard InChI is InChI=1S/C9H13NOS/c1-2-3-9(11)6-8-7-12-5-4-10-8/h1,8,10H,3-7H2. The van der Waals surface area contributed by atoms with Gasteiger partial charge in [0.05, 0.1) is 6.42 Å². The van der Waals surface area contributed by atoms with Crippen LogP contribution in [-0.4, -0.2) is 29.9 Å². The van der Waals surface area contributed by atoms with Crippen molar-refractivity contribution >= 4 is 17.5 Å². The first-order valence-electron chi connectivity index (χ1n) is 4.09. The Hall–Kier alpha value is -0.460. The molecule has 66 valence electrons. The fraction of sp³-hybridized carbons (Fsp3) is 0.667. The lowest BCUT2D eigenvalue weighted by molar-refractivity contribution is -0.118. The highest BCUT2D eigenvalue weighted by Crippen LogP contribution is 2.10. The number of thioether (sulfide) groups is 1. The molecule has 1 fully saturated rings. The SMILES string of the molecule is C#CCC(=O)CC1CSCCN1. The summed E-state index contributed by atoms with van der Waals surface area (Å²) in [7, 11) is 0. The molecule has 12 heavy (non-hydrogen) atoms. The second kappa shape index (κ2) is 5.23. The molecule has 1 rings (SSSR count). The van der Waals surface area contributed by atoms with Crippen LogP contribution in [0.3, 0.4) is 0 Å². The zero-order chi connectivity index (χ0) is 8.81. The van der Waals surface area contributed by atoms with E-state index in [0.29, 0.717) is 12.5 Å². The average molecular weight is 183 g/mol. The summed E-state index contributed by atoms with van der Waals surface area (Å²) >= 11 is 1.90. The van der Waals surface area contributed by atoms with Crippen LogP contribution in [0.2, 0.25) is 0 Å². The Morgan fingerprint density at radius 3 is 3.17 bits per heavy atom. The van der Waals surface area contributed by atoms with Crippen molar-refractivity contribution in [1.29, 1.82) is 0 Å². The van der Waals surface area contributed by atoms with Crippen LogP contribution in [0.4, 0.5) is 0 Å². The first kappa shape index (κ1) is 9.63. The Labute approximate surface area is 77.5 Å². The molecule has 0 aromatic rings. The number of ketones is 1. The number of hydrogen-bond acceptors (Lipinski definition) is 3. The van der Waals surface area contributed by atoms with Gasteiger partial charge >= 0.3 is 0 Å². The van der Waals surface area contributed by atoms with Crippen LogP contribution in [0.1, 0.15) is 12.8 Å². The molecule has 0 aromatic carbocycles. The van der Waals surface area contributed by atoms with Crippen LogP contribution in [0.15, 0.2) is 0 Å². The van der Waals surface area contributed by atoms with E-state index >= 15 is 0 Å². The second-order valence-electron chi connectivity index (χ2n) is 2.85. The normalized spacial score (nSPS) is 23.1. The van der Waals surface area contributed by atoms with Gasteiger partial charge in [-0.15, -0.1) is 6.42 Å². The van der Waals surface area contributed by atoms with Crippen molar-refractivity contribution in [3.05, 3.63) is 0 Å². The summed E-state index contributed by atoms with van der Waals surface area (Å²) in [5, 5.41) is 3.30. The quantitative estimate of drug-likeness (QED) is 0.652. The number of rotatable bonds is 3. The fourth-order valence-corrected chi connectivity index (χ4v) is 2.16. The molecule has 1 unspecified atom stereocenters. The molecular formula is C9H13NOS. The number of carbonyl (C=O) groups is 1. The molecule has 2 nitrogen and oxygen atoms in total. The molecule has 0 aliphatic carbocycles. The number of hydrogen-bond donors (Lipinski definition) is 1. The molecule has 0 aromatic heterocycles. The van der Waals surface area contributed by atoms with Crippen molar-refractivity contribution in [2.75, 3.05) is 18.1 Å². The van der Waals surface area contributed by atoms with Gasteiger partial charge in [-0.3, -0.25) is 4.79 Å². The van der Waals surface area contributed by atoms with Crippen LogP contribution >= 0.6 is 11.8 Å². The largest absolute Gasteiger partial charge is 0.312 e. The molecule has 0 spiro atoms. The number of nitrogens with one attached hydrogen (secondary N) is 1. The minimum absolute atomic E-state index is 0.178. The number of terminal acetylenes is 1. The summed E-state index contributed by atoms with van der Waals surface area (Å²) in [6.45, 7) is 1.01. The fourth-order valence-electron chi connectivity index (χ4n) is 1.21. The predicted octanol–water partition coefficient (Wildman–Crippen LogP) is 0.674. The topological polar surface area (TPSA) is 29.1 Å². The highest BCUT2D eigenvalue weighted by molar-refractivity contribution is 7.99. The molecule has 1 atom stereocenters. The smallest absolute Gasteiger partial charge is 0.146 e. The third kappa shape index (κ3) is 3.29. The van der Waals surface area contributed by atoms with E-state index in [9.17, 15) is 4.79 Å². The van der Waals surface area contributed by atoms with E-state index in [1.807, 2.05) is 11.8 Å². The van der Waals surface area contributed by atoms with Crippen molar-refractivity contribution < 1.29 is 4.79 Å². The van der Waals surface area contributed by atoms with E-state index < -0.39 is 0 Å². The molecule has 1 aliphatic rings. The highest BCUT2D eigenvalue weighted by Gasteiger charge is 2.15. The summed E-state index contributed by atoms with van der Waals surface area (Å²) in [5.41, 5.74) is 0. The molecular weight excluding hydrogens is 170 g/mol. The summed E-state index contributed by atoms with van der Waals surface area (Å²) in [5.74, 6) is 4.74. The molecule has 0 amide bonds. The first-order valence-corrected chi connectivity index (χ1v) is 5.24. The second-order valence-corrected chi connectivity index (χ2v) is 4.00. The Balaban J connectivity index is 2.21. The molecule has 1 aliphatic heterocycles. The van der Waals surface area contributed by atoms with E-state index in [1.54, 1.807) is 0 Å². The molecule has 3 heteroatoms. The molecule has 1 saturated heterocycles. The van der Waals surface area contributed by atoms with Crippen molar-refractivity contribution in [1.82, 2.24) is 5.32 Å². The molecule has 1 heterocycles. The van der Waals surface area contributed by atoms with E-state index in [0.717, 1.165) is 18.1 Å².